The van der Waals surface area contributed by atoms with E-state index in [0.717, 1.165) is 22.5 Å². The van der Waals surface area contributed by atoms with Crippen LogP contribution in [0.15, 0.2) is 78.9 Å². The van der Waals surface area contributed by atoms with Crippen LogP contribution in [0.4, 0.5) is 11.8 Å². The van der Waals surface area contributed by atoms with E-state index in [9.17, 15) is 0 Å². The van der Waals surface area contributed by atoms with Crippen LogP contribution in [-0.4, -0.2) is 17.1 Å². The quantitative estimate of drug-likeness (QED) is 0.486. The smallest absolute Gasteiger partial charge is 0.225 e. The van der Waals surface area contributed by atoms with Crippen molar-refractivity contribution in [1.82, 2.24) is 9.97 Å². The first-order valence-electron chi connectivity index (χ1n) is 9.23. The van der Waals surface area contributed by atoms with E-state index in [2.05, 4.69) is 39.9 Å². The molecular weight excluding hydrogens is 348 g/mol. The van der Waals surface area contributed by atoms with Gasteiger partial charge in [0.05, 0.1) is 12.6 Å². The highest BCUT2D eigenvalue weighted by Crippen LogP contribution is 2.27. The summed E-state index contributed by atoms with van der Waals surface area (Å²) in [5, 5.41) is 7.71. The van der Waals surface area contributed by atoms with Crippen LogP contribution in [0, 0.1) is 0 Å². The van der Waals surface area contributed by atoms with Gasteiger partial charge in [0.15, 0.2) is 0 Å². The van der Waals surface area contributed by atoms with Gasteiger partial charge in [-0.25, -0.2) is 4.98 Å². The Balaban J connectivity index is 1.63. The molecule has 0 saturated heterocycles. The van der Waals surface area contributed by atoms with Gasteiger partial charge in [-0.2, -0.15) is 4.98 Å². The molecule has 0 fully saturated rings. The maximum absolute atomic E-state index is 5.38. The summed E-state index contributed by atoms with van der Waals surface area (Å²) in [7, 11) is 1.66. The van der Waals surface area contributed by atoms with Crippen LogP contribution in [-0.2, 0) is 13.1 Å². The van der Waals surface area contributed by atoms with E-state index in [-0.39, 0.29) is 0 Å². The van der Waals surface area contributed by atoms with E-state index in [1.165, 1.54) is 11.1 Å². The average Bonchev–Trinajstić information content (AvgIpc) is 2.77. The van der Waals surface area contributed by atoms with Gasteiger partial charge in [-0.05, 0) is 29.3 Å². The van der Waals surface area contributed by atoms with Gasteiger partial charge in [-0.3, -0.25) is 0 Å². The van der Waals surface area contributed by atoms with Gasteiger partial charge in [0.25, 0.3) is 0 Å². The number of anilines is 2. The lowest BCUT2D eigenvalue weighted by Crippen LogP contribution is -2.08. The molecule has 4 aromatic rings. The SMILES string of the molecule is COc1ccc2nc(NCc3ccccc3)nc(NCc3ccccc3)c2c1. The van der Waals surface area contributed by atoms with E-state index in [1.54, 1.807) is 7.11 Å². The van der Waals surface area contributed by atoms with Gasteiger partial charge >= 0.3 is 0 Å². The van der Waals surface area contributed by atoms with Crippen LogP contribution >= 0.6 is 0 Å². The number of aromatic nitrogens is 2. The molecule has 28 heavy (non-hydrogen) atoms. The summed E-state index contributed by atoms with van der Waals surface area (Å²) < 4.78 is 5.38. The molecule has 0 aliphatic rings. The lowest BCUT2D eigenvalue weighted by Gasteiger charge is -2.13. The van der Waals surface area contributed by atoms with Gasteiger partial charge < -0.3 is 15.4 Å². The molecule has 0 aliphatic heterocycles. The molecule has 4 rings (SSSR count). The Morgan fingerprint density at radius 1 is 0.750 bits per heavy atom. The number of methoxy groups -OCH3 is 1. The van der Waals surface area contributed by atoms with Crippen LogP contribution in [0.1, 0.15) is 11.1 Å². The zero-order chi connectivity index (χ0) is 19.2. The fraction of sp³-hybridized carbons (Fsp3) is 0.130. The lowest BCUT2D eigenvalue weighted by atomic mass is 10.2. The van der Waals surface area contributed by atoms with E-state index in [0.29, 0.717) is 19.0 Å². The Morgan fingerprint density at radius 3 is 2.04 bits per heavy atom. The third-order valence-corrected chi connectivity index (χ3v) is 4.50. The Hall–Kier alpha value is -3.60. The molecule has 0 bridgehead atoms. The van der Waals surface area contributed by atoms with Crippen molar-refractivity contribution in [2.45, 2.75) is 13.1 Å². The maximum Gasteiger partial charge on any atom is 0.225 e. The van der Waals surface area contributed by atoms with Gasteiger partial charge in [0, 0.05) is 18.5 Å². The molecule has 1 heterocycles. The standard InChI is InChI=1S/C23H22N4O/c1-28-19-12-13-21-20(14-19)22(24-15-17-8-4-2-5-9-17)27-23(26-21)25-16-18-10-6-3-7-11-18/h2-14H,15-16H2,1H3,(H2,24,25,26,27). The van der Waals surface area contributed by atoms with E-state index < -0.39 is 0 Å². The minimum Gasteiger partial charge on any atom is -0.497 e. The monoisotopic (exact) mass is 370 g/mol. The van der Waals surface area contributed by atoms with Crippen molar-refractivity contribution >= 4 is 22.7 Å². The molecule has 0 saturated carbocycles. The predicted octanol–water partition coefficient (Wildman–Crippen LogP) is 4.86. The normalized spacial score (nSPS) is 10.6. The largest absolute Gasteiger partial charge is 0.497 e. The number of rotatable bonds is 7. The zero-order valence-electron chi connectivity index (χ0n) is 15.7. The van der Waals surface area contributed by atoms with Crippen molar-refractivity contribution < 1.29 is 4.74 Å². The van der Waals surface area contributed by atoms with Crippen molar-refractivity contribution in [3.05, 3.63) is 90.0 Å². The highest BCUT2D eigenvalue weighted by Gasteiger charge is 2.09. The fourth-order valence-corrected chi connectivity index (χ4v) is 3.01. The van der Waals surface area contributed by atoms with Gasteiger partial charge in [0.1, 0.15) is 11.6 Å². The summed E-state index contributed by atoms with van der Waals surface area (Å²) in [6.07, 6.45) is 0. The highest BCUT2D eigenvalue weighted by atomic mass is 16.5. The second kappa shape index (κ2) is 8.39. The van der Waals surface area contributed by atoms with Crippen LogP contribution in [0.5, 0.6) is 5.75 Å². The van der Waals surface area contributed by atoms with Gasteiger partial charge in [0.2, 0.25) is 5.95 Å². The van der Waals surface area contributed by atoms with Crippen LogP contribution in [0.25, 0.3) is 10.9 Å². The maximum atomic E-state index is 5.38. The molecule has 2 N–H and O–H groups in total. The number of nitrogens with zero attached hydrogens (tertiary/aromatic N) is 2. The summed E-state index contributed by atoms with van der Waals surface area (Å²) in [5.74, 6) is 2.16. The average molecular weight is 370 g/mol. The summed E-state index contributed by atoms with van der Waals surface area (Å²) >= 11 is 0. The molecule has 140 valence electrons. The number of hydrogen-bond acceptors (Lipinski definition) is 5. The number of benzene rings is 3. The molecule has 5 heteroatoms. The van der Waals surface area contributed by atoms with Crippen molar-refractivity contribution in [2.24, 2.45) is 0 Å². The minimum absolute atomic E-state index is 0.595. The summed E-state index contributed by atoms with van der Waals surface area (Å²) in [6, 6.07) is 26.3. The van der Waals surface area contributed by atoms with E-state index in [4.69, 9.17) is 9.72 Å². The van der Waals surface area contributed by atoms with Crippen molar-refractivity contribution in [2.75, 3.05) is 17.7 Å². The molecule has 5 nitrogen and oxygen atoms in total. The fourth-order valence-electron chi connectivity index (χ4n) is 3.01. The molecule has 3 aromatic carbocycles. The third kappa shape index (κ3) is 4.20. The molecule has 0 radical (unpaired) electrons. The first kappa shape index (κ1) is 17.8. The molecule has 0 aliphatic carbocycles. The molecule has 0 spiro atoms. The number of ether oxygens (including phenoxy) is 1. The summed E-state index contributed by atoms with van der Waals surface area (Å²) in [4.78, 5) is 9.38. The predicted molar refractivity (Wildman–Crippen MR) is 114 cm³/mol. The molecule has 1 aromatic heterocycles. The highest BCUT2D eigenvalue weighted by molar-refractivity contribution is 5.91. The van der Waals surface area contributed by atoms with Crippen molar-refractivity contribution in [1.29, 1.82) is 0 Å². The second-order valence-electron chi connectivity index (χ2n) is 6.46. The molecular formula is C23H22N4O. The summed E-state index contributed by atoms with van der Waals surface area (Å²) in [5.41, 5.74) is 3.23. The lowest BCUT2D eigenvalue weighted by molar-refractivity contribution is 0.415. The number of hydrogen-bond donors (Lipinski definition) is 2. The second-order valence-corrected chi connectivity index (χ2v) is 6.46. The van der Waals surface area contributed by atoms with Gasteiger partial charge in [-0.1, -0.05) is 60.7 Å². The molecule has 0 amide bonds. The number of fused-ring (bicyclic) bond motifs is 1. The topological polar surface area (TPSA) is 59.1 Å². The van der Waals surface area contributed by atoms with Crippen LogP contribution < -0.4 is 15.4 Å². The van der Waals surface area contributed by atoms with Crippen molar-refractivity contribution in [3.63, 3.8) is 0 Å². The first-order valence-corrected chi connectivity index (χ1v) is 9.23. The Labute approximate surface area is 164 Å². The third-order valence-electron chi connectivity index (χ3n) is 4.50. The minimum atomic E-state index is 0.595. The first-order chi connectivity index (χ1) is 13.8. The van der Waals surface area contributed by atoms with Crippen LogP contribution in [0.3, 0.4) is 0 Å². The van der Waals surface area contributed by atoms with Gasteiger partial charge in [-0.15, -0.1) is 0 Å². The Kier molecular flexibility index (Phi) is 5.33. The molecule has 0 atom stereocenters. The van der Waals surface area contributed by atoms with E-state index >= 15 is 0 Å². The molecule has 0 unspecified atom stereocenters. The Bertz CT molecular complexity index is 1050. The van der Waals surface area contributed by atoms with E-state index in [1.807, 2.05) is 54.6 Å². The summed E-state index contributed by atoms with van der Waals surface area (Å²) in [6.45, 7) is 1.35. The van der Waals surface area contributed by atoms with Crippen LogP contribution in [0.2, 0.25) is 0 Å². The zero-order valence-corrected chi connectivity index (χ0v) is 15.7. The number of nitrogens with one attached hydrogen (secondary N) is 2. The Morgan fingerprint density at radius 2 is 1.39 bits per heavy atom. The van der Waals surface area contributed by atoms with Crippen molar-refractivity contribution in [3.8, 4) is 5.75 Å².